The normalized spacial score (nSPS) is 13.4. The second-order valence-corrected chi connectivity index (χ2v) is 5.78. The number of ether oxygens (including phenoxy) is 1. The van der Waals surface area contributed by atoms with Crippen LogP contribution in [0.15, 0.2) is 30.3 Å². The van der Waals surface area contributed by atoms with Crippen LogP contribution in [0.1, 0.15) is 45.7 Å². The molecule has 0 aliphatic rings. The Morgan fingerprint density at radius 2 is 1.84 bits per heavy atom. The standard InChI is InChI=1S/C16H25NO2/c1-12(2)11-14(13-9-7-6-8-10-13)17-15(18)16(3,4)19-5/h6-10,12,14H,11H2,1-5H3,(H,17,18). The lowest BCUT2D eigenvalue weighted by molar-refractivity contribution is -0.140. The molecule has 0 saturated heterocycles. The summed E-state index contributed by atoms with van der Waals surface area (Å²) in [6.07, 6.45) is 0.912. The molecule has 1 aromatic rings. The minimum atomic E-state index is -0.802. The van der Waals surface area contributed by atoms with Gasteiger partial charge in [-0.3, -0.25) is 4.79 Å². The van der Waals surface area contributed by atoms with E-state index in [1.54, 1.807) is 21.0 Å². The third kappa shape index (κ3) is 4.67. The summed E-state index contributed by atoms with van der Waals surface area (Å²) < 4.78 is 5.23. The van der Waals surface area contributed by atoms with Crippen LogP contribution in [0, 0.1) is 5.92 Å². The number of methoxy groups -OCH3 is 1. The van der Waals surface area contributed by atoms with Crippen LogP contribution in [0.3, 0.4) is 0 Å². The van der Waals surface area contributed by atoms with E-state index in [2.05, 4.69) is 19.2 Å². The summed E-state index contributed by atoms with van der Waals surface area (Å²) >= 11 is 0. The highest BCUT2D eigenvalue weighted by Crippen LogP contribution is 2.22. The predicted molar refractivity (Wildman–Crippen MR) is 77.9 cm³/mol. The van der Waals surface area contributed by atoms with Gasteiger partial charge in [0, 0.05) is 7.11 Å². The fraction of sp³-hybridized carbons (Fsp3) is 0.562. The van der Waals surface area contributed by atoms with E-state index in [1.165, 1.54) is 0 Å². The fourth-order valence-corrected chi connectivity index (χ4v) is 1.86. The Hall–Kier alpha value is -1.35. The van der Waals surface area contributed by atoms with E-state index in [4.69, 9.17) is 4.74 Å². The summed E-state index contributed by atoms with van der Waals surface area (Å²) in [6, 6.07) is 10.1. The topological polar surface area (TPSA) is 38.3 Å². The van der Waals surface area contributed by atoms with Gasteiger partial charge in [-0.15, -0.1) is 0 Å². The highest BCUT2D eigenvalue weighted by atomic mass is 16.5. The molecular formula is C16H25NO2. The van der Waals surface area contributed by atoms with Crippen LogP contribution in [0.25, 0.3) is 0 Å². The second kappa shape index (κ2) is 6.71. The summed E-state index contributed by atoms with van der Waals surface area (Å²) in [5, 5.41) is 3.09. The summed E-state index contributed by atoms with van der Waals surface area (Å²) in [7, 11) is 1.56. The molecule has 0 saturated carbocycles. The molecule has 1 N–H and O–H groups in total. The molecule has 19 heavy (non-hydrogen) atoms. The van der Waals surface area contributed by atoms with Gasteiger partial charge in [0.1, 0.15) is 5.60 Å². The highest BCUT2D eigenvalue weighted by molar-refractivity contribution is 5.84. The third-order valence-electron chi connectivity index (χ3n) is 3.27. The molecule has 0 heterocycles. The first kappa shape index (κ1) is 15.7. The number of amides is 1. The Balaban J connectivity index is 2.85. The maximum atomic E-state index is 12.2. The third-order valence-corrected chi connectivity index (χ3v) is 3.27. The second-order valence-electron chi connectivity index (χ2n) is 5.78. The summed E-state index contributed by atoms with van der Waals surface area (Å²) in [5.41, 5.74) is 0.334. The number of carbonyl (C=O) groups excluding carboxylic acids is 1. The monoisotopic (exact) mass is 263 g/mol. The van der Waals surface area contributed by atoms with Crippen molar-refractivity contribution in [3.63, 3.8) is 0 Å². The molecule has 0 aliphatic heterocycles. The molecule has 0 fully saturated rings. The van der Waals surface area contributed by atoms with Crippen molar-refractivity contribution in [3.05, 3.63) is 35.9 Å². The number of benzene rings is 1. The zero-order chi connectivity index (χ0) is 14.5. The van der Waals surface area contributed by atoms with Crippen molar-refractivity contribution < 1.29 is 9.53 Å². The lowest BCUT2D eigenvalue weighted by atomic mass is 9.96. The van der Waals surface area contributed by atoms with E-state index in [-0.39, 0.29) is 11.9 Å². The minimum absolute atomic E-state index is 0.0307. The van der Waals surface area contributed by atoms with Crippen molar-refractivity contribution >= 4 is 5.91 Å². The van der Waals surface area contributed by atoms with Gasteiger partial charge in [0.15, 0.2) is 0 Å². The zero-order valence-electron chi connectivity index (χ0n) is 12.6. The van der Waals surface area contributed by atoms with Crippen LogP contribution in [0.4, 0.5) is 0 Å². The Morgan fingerprint density at radius 3 is 2.32 bits per heavy atom. The first-order valence-corrected chi connectivity index (χ1v) is 6.78. The summed E-state index contributed by atoms with van der Waals surface area (Å²) in [5.74, 6) is 0.431. The molecule has 1 rings (SSSR count). The Morgan fingerprint density at radius 1 is 1.26 bits per heavy atom. The van der Waals surface area contributed by atoms with Crippen molar-refractivity contribution in [1.29, 1.82) is 0 Å². The van der Waals surface area contributed by atoms with E-state index in [9.17, 15) is 4.79 Å². The van der Waals surface area contributed by atoms with Crippen molar-refractivity contribution in [2.75, 3.05) is 7.11 Å². The van der Waals surface area contributed by atoms with Crippen molar-refractivity contribution in [2.45, 2.75) is 45.8 Å². The van der Waals surface area contributed by atoms with E-state index in [0.717, 1.165) is 12.0 Å². The highest BCUT2D eigenvalue weighted by Gasteiger charge is 2.29. The largest absolute Gasteiger partial charge is 0.369 e. The van der Waals surface area contributed by atoms with Gasteiger partial charge in [-0.25, -0.2) is 0 Å². The smallest absolute Gasteiger partial charge is 0.252 e. The Kier molecular flexibility index (Phi) is 5.55. The Bertz CT molecular complexity index is 398. The molecule has 1 atom stereocenters. The molecule has 1 aromatic carbocycles. The van der Waals surface area contributed by atoms with Crippen molar-refractivity contribution in [3.8, 4) is 0 Å². The quantitative estimate of drug-likeness (QED) is 0.855. The van der Waals surface area contributed by atoms with Gasteiger partial charge in [0.2, 0.25) is 0 Å². The zero-order valence-corrected chi connectivity index (χ0v) is 12.6. The number of nitrogens with one attached hydrogen (secondary N) is 1. The SMILES string of the molecule is COC(C)(C)C(=O)NC(CC(C)C)c1ccccc1. The predicted octanol–water partition coefficient (Wildman–Crippen LogP) is 3.32. The van der Waals surface area contributed by atoms with Gasteiger partial charge >= 0.3 is 0 Å². The van der Waals surface area contributed by atoms with E-state index in [0.29, 0.717) is 5.92 Å². The molecule has 0 radical (unpaired) electrons. The lowest BCUT2D eigenvalue weighted by Gasteiger charge is -2.27. The van der Waals surface area contributed by atoms with Crippen LogP contribution in [0.5, 0.6) is 0 Å². The van der Waals surface area contributed by atoms with Gasteiger partial charge in [-0.2, -0.15) is 0 Å². The first-order chi connectivity index (χ1) is 8.86. The summed E-state index contributed by atoms with van der Waals surface area (Å²) in [6.45, 7) is 7.87. The van der Waals surface area contributed by atoms with Crippen LogP contribution in [-0.2, 0) is 9.53 Å². The maximum Gasteiger partial charge on any atom is 0.252 e. The first-order valence-electron chi connectivity index (χ1n) is 6.78. The van der Waals surface area contributed by atoms with Gasteiger partial charge < -0.3 is 10.1 Å². The molecule has 1 amide bonds. The van der Waals surface area contributed by atoms with Gasteiger partial charge in [0.05, 0.1) is 6.04 Å². The van der Waals surface area contributed by atoms with E-state index in [1.807, 2.05) is 30.3 Å². The lowest BCUT2D eigenvalue weighted by Crippen LogP contribution is -2.45. The molecule has 3 heteroatoms. The van der Waals surface area contributed by atoms with Gasteiger partial charge in [-0.1, -0.05) is 44.2 Å². The Labute approximate surface area is 116 Å². The van der Waals surface area contributed by atoms with Gasteiger partial charge in [0.25, 0.3) is 5.91 Å². The summed E-state index contributed by atoms with van der Waals surface area (Å²) in [4.78, 5) is 12.2. The van der Waals surface area contributed by atoms with Crippen molar-refractivity contribution in [2.24, 2.45) is 5.92 Å². The maximum absolute atomic E-state index is 12.2. The number of carbonyl (C=O) groups is 1. The molecular weight excluding hydrogens is 238 g/mol. The molecule has 106 valence electrons. The van der Waals surface area contributed by atoms with Crippen LogP contribution in [0.2, 0.25) is 0 Å². The van der Waals surface area contributed by atoms with Crippen LogP contribution < -0.4 is 5.32 Å². The van der Waals surface area contributed by atoms with Crippen molar-refractivity contribution in [1.82, 2.24) is 5.32 Å². The van der Waals surface area contributed by atoms with E-state index < -0.39 is 5.60 Å². The fourth-order valence-electron chi connectivity index (χ4n) is 1.86. The van der Waals surface area contributed by atoms with E-state index >= 15 is 0 Å². The minimum Gasteiger partial charge on any atom is -0.369 e. The van der Waals surface area contributed by atoms with Gasteiger partial charge in [-0.05, 0) is 31.7 Å². The molecule has 3 nitrogen and oxygen atoms in total. The molecule has 0 aliphatic carbocycles. The molecule has 0 aromatic heterocycles. The number of rotatable bonds is 6. The molecule has 0 bridgehead atoms. The average molecular weight is 263 g/mol. The number of hydrogen-bond donors (Lipinski definition) is 1. The molecule has 1 unspecified atom stereocenters. The number of hydrogen-bond acceptors (Lipinski definition) is 2. The van der Waals surface area contributed by atoms with Crippen LogP contribution >= 0.6 is 0 Å². The molecule has 0 spiro atoms. The average Bonchev–Trinajstić information content (AvgIpc) is 2.38. The van der Waals surface area contributed by atoms with Crippen LogP contribution in [-0.4, -0.2) is 18.6 Å².